The van der Waals surface area contributed by atoms with Crippen LogP contribution < -0.4 is 9.64 Å². The summed E-state index contributed by atoms with van der Waals surface area (Å²) >= 11 is 0. The fraction of sp³-hybridized carbons (Fsp3) is 0.333. The van der Waals surface area contributed by atoms with E-state index in [-0.39, 0.29) is 0 Å². The summed E-state index contributed by atoms with van der Waals surface area (Å²) in [7, 11) is 1.72. The Hall–Kier alpha value is -2.58. The third-order valence-electron chi connectivity index (χ3n) is 4.16. The van der Waals surface area contributed by atoms with Crippen LogP contribution in [-0.4, -0.2) is 43.2 Å². The number of piperazine rings is 1. The smallest absolute Gasteiger partial charge is 0.128 e. The van der Waals surface area contributed by atoms with Crippen LogP contribution in [0.2, 0.25) is 0 Å². The number of nitriles is 1. The zero-order valence-corrected chi connectivity index (χ0v) is 13.3. The molecule has 0 radical (unpaired) electrons. The number of rotatable bonds is 4. The lowest BCUT2D eigenvalue weighted by atomic mass is 10.1. The normalized spacial score (nSPS) is 15.2. The van der Waals surface area contributed by atoms with Gasteiger partial charge in [0.1, 0.15) is 17.6 Å². The second-order valence-corrected chi connectivity index (χ2v) is 5.59. The van der Waals surface area contributed by atoms with E-state index in [0.29, 0.717) is 5.56 Å². The average Bonchev–Trinajstić information content (AvgIpc) is 2.63. The minimum absolute atomic E-state index is 0.601. The number of aromatic nitrogens is 1. The van der Waals surface area contributed by atoms with Gasteiger partial charge in [0.2, 0.25) is 0 Å². The van der Waals surface area contributed by atoms with Crippen LogP contribution in [0, 0.1) is 11.3 Å². The third kappa shape index (κ3) is 3.61. The van der Waals surface area contributed by atoms with Gasteiger partial charge < -0.3 is 9.64 Å². The molecule has 1 aliphatic rings. The molecule has 0 amide bonds. The predicted molar refractivity (Wildman–Crippen MR) is 89.4 cm³/mol. The lowest BCUT2D eigenvalue weighted by molar-refractivity contribution is 0.245. The second-order valence-electron chi connectivity index (χ2n) is 5.59. The fourth-order valence-corrected chi connectivity index (χ4v) is 2.85. The van der Waals surface area contributed by atoms with E-state index in [1.54, 1.807) is 13.3 Å². The summed E-state index contributed by atoms with van der Waals surface area (Å²) in [6.07, 6.45) is 1.64. The zero-order chi connectivity index (χ0) is 16.1. The van der Waals surface area contributed by atoms with Crippen LogP contribution in [0.25, 0.3) is 0 Å². The second kappa shape index (κ2) is 7.12. The molecule has 0 saturated carbocycles. The molecule has 1 saturated heterocycles. The number of pyridine rings is 1. The number of nitrogens with zero attached hydrogens (tertiary/aromatic N) is 4. The minimum Gasteiger partial charge on any atom is -0.496 e. The van der Waals surface area contributed by atoms with Crippen molar-refractivity contribution in [2.75, 3.05) is 38.2 Å². The van der Waals surface area contributed by atoms with Gasteiger partial charge in [-0.25, -0.2) is 4.98 Å². The highest BCUT2D eigenvalue weighted by Crippen LogP contribution is 2.21. The number of para-hydroxylation sites is 1. The number of methoxy groups -OCH3 is 1. The summed E-state index contributed by atoms with van der Waals surface area (Å²) in [5, 5.41) is 8.84. The Balaban J connectivity index is 1.59. The molecule has 0 N–H and O–H groups in total. The molecule has 0 spiro atoms. The summed E-state index contributed by atoms with van der Waals surface area (Å²) in [4.78, 5) is 9.07. The first-order valence-electron chi connectivity index (χ1n) is 7.75. The Kier molecular flexibility index (Phi) is 4.74. The van der Waals surface area contributed by atoms with Gasteiger partial charge in [-0.2, -0.15) is 5.26 Å². The molecule has 5 heteroatoms. The van der Waals surface area contributed by atoms with E-state index in [1.165, 1.54) is 5.56 Å². The molecule has 1 fully saturated rings. The van der Waals surface area contributed by atoms with Crippen molar-refractivity contribution >= 4 is 5.82 Å². The van der Waals surface area contributed by atoms with Crippen molar-refractivity contribution in [1.82, 2.24) is 9.88 Å². The van der Waals surface area contributed by atoms with Crippen LogP contribution in [-0.2, 0) is 6.54 Å². The third-order valence-corrected chi connectivity index (χ3v) is 4.16. The van der Waals surface area contributed by atoms with Gasteiger partial charge in [-0.3, -0.25) is 4.90 Å². The standard InChI is InChI=1S/C18H20N4O/c1-23-17-5-3-2-4-16(17)14-21-8-10-22(11-9-21)18-7-6-15(12-19)13-20-18/h2-7,13H,8-11,14H2,1H3. The molecule has 1 aromatic carbocycles. The maximum atomic E-state index is 8.84. The molecular formula is C18H20N4O. The van der Waals surface area contributed by atoms with Crippen molar-refractivity contribution in [2.24, 2.45) is 0 Å². The van der Waals surface area contributed by atoms with Crippen molar-refractivity contribution in [1.29, 1.82) is 5.26 Å². The number of hydrogen-bond acceptors (Lipinski definition) is 5. The number of benzene rings is 1. The first kappa shape index (κ1) is 15.3. The molecule has 0 unspecified atom stereocenters. The van der Waals surface area contributed by atoms with Gasteiger partial charge in [0.25, 0.3) is 0 Å². The van der Waals surface area contributed by atoms with Gasteiger partial charge in [-0.15, -0.1) is 0 Å². The van der Waals surface area contributed by atoms with E-state index < -0.39 is 0 Å². The fourth-order valence-electron chi connectivity index (χ4n) is 2.85. The predicted octanol–water partition coefficient (Wildman–Crippen LogP) is 2.28. The molecule has 0 atom stereocenters. The van der Waals surface area contributed by atoms with E-state index in [4.69, 9.17) is 10.00 Å². The Morgan fingerprint density at radius 3 is 2.57 bits per heavy atom. The van der Waals surface area contributed by atoms with Crippen molar-refractivity contribution < 1.29 is 4.74 Å². The van der Waals surface area contributed by atoms with Gasteiger partial charge in [0.05, 0.1) is 12.7 Å². The van der Waals surface area contributed by atoms with Crippen molar-refractivity contribution in [2.45, 2.75) is 6.54 Å². The number of hydrogen-bond donors (Lipinski definition) is 0. The summed E-state index contributed by atoms with van der Waals surface area (Å²) < 4.78 is 5.43. The summed E-state index contributed by atoms with van der Waals surface area (Å²) in [6, 6.07) is 14.0. The maximum Gasteiger partial charge on any atom is 0.128 e. The van der Waals surface area contributed by atoms with Crippen molar-refractivity contribution in [3.05, 3.63) is 53.7 Å². The quantitative estimate of drug-likeness (QED) is 0.867. The van der Waals surface area contributed by atoms with Crippen molar-refractivity contribution in [3.8, 4) is 11.8 Å². The van der Waals surface area contributed by atoms with Crippen LogP contribution >= 0.6 is 0 Å². The van der Waals surface area contributed by atoms with Gasteiger partial charge in [-0.1, -0.05) is 18.2 Å². The maximum absolute atomic E-state index is 8.84. The van der Waals surface area contributed by atoms with E-state index in [0.717, 1.165) is 44.3 Å². The summed E-state index contributed by atoms with van der Waals surface area (Å²) in [6.45, 7) is 4.75. The molecule has 1 aromatic heterocycles. The molecular weight excluding hydrogens is 288 g/mol. The highest BCUT2D eigenvalue weighted by Gasteiger charge is 2.19. The highest BCUT2D eigenvalue weighted by atomic mass is 16.5. The SMILES string of the molecule is COc1ccccc1CN1CCN(c2ccc(C#N)cn2)CC1. The molecule has 2 aromatic rings. The van der Waals surface area contributed by atoms with E-state index in [9.17, 15) is 0 Å². The molecule has 23 heavy (non-hydrogen) atoms. The topological polar surface area (TPSA) is 52.4 Å². The molecule has 118 valence electrons. The van der Waals surface area contributed by atoms with E-state index >= 15 is 0 Å². The number of anilines is 1. The van der Waals surface area contributed by atoms with Crippen LogP contribution in [0.1, 0.15) is 11.1 Å². The first-order valence-corrected chi connectivity index (χ1v) is 7.75. The van der Waals surface area contributed by atoms with Crippen LogP contribution in [0.5, 0.6) is 5.75 Å². The Morgan fingerprint density at radius 1 is 1.13 bits per heavy atom. The lowest BCUT2D eigenvalue weighted by Gasteiger charge is -2.35. The van der Waals surface area contributed by atoms with Gasteiger partial charge in [0, 0.05) is 44.5 Å². The lowest BCUT2D eigenvalue weighted by Crippen LogP contribution is -2.46. The molecule has 1 aliphatic heterocycles. The molecule has 2 heterocycles. The monoisotopic (exact) mass is 308 g/mol. The minimum atomic E-state index is 0.601. The van der Waals surface area contributed by atoms with E-state index in [1.807, 2.05) is 24.3 Å². The summed E-state index contributed by atoms with van der Waals surface area (Å²) in [5.74, 6) is 1.89. The van der Waals surface area contributed by atoms with Gasteiger partial charge in [-0.05, 0) is 18.2 Å². The first-order chi connectivity index (χ1) is 11.3. The van der Waals surface area contributed by atoms with Crippen LogP contribution in [0.4, 0.5) is 5.82 Å². The summed E-state index contributed by atoms with van der Waals surface area (Å²) in [5.41, 5.74) is 1.82. The Labute approximate surface area is 136 Å². The molecule has 5 nitrogen and oxygen atoms in total. The van der Waals surface area contributed by atoms with Gasteiger partial charge >= 0.3 is 0 Å². The van der Waals surface area contributed by atoms with Crippen molar-refractivity contribution in [3.63, 3.8) is 0 Å². The average molecular weight is 308 g/mol. The largest absolute Gasteiger partial charge is 0.496 e. The van der Waals surface area contributed by atoms with Crippen LogP contribution in [0.3, 0.4) is 0 Å². The van der Waals surface area contributed by atoms with Crippen LogP contribution in [0.15, 0.2) is 42.6 Å². The molecule has 3 rings (SSSR count). The molecule has 0 bridgehead atoms. The highest BCUT2D eigenvalue weighted by molar-refractivity contribution is 5.42. The zero-order valence-electron chi connectivity index (χ0n) is 13.3. The molecule has 0 aliphatic carbocycles. The number of ether oxygens (including phenoxy) is 1. The Bertz CT molecular complexity index is 685. The van der Waals surface area contributed by atoms with E-state index in [2.05, 4.69) is 33.0 Å². The Morgan fingerprint density at radius 2 is 1.91 bits per heavy atom. The van der Waals surface area contributed by atoms with Gasteiger partial charge in [0.15, 0.2) is 0 Å².